The number of rotatable bonds is 8. The number of nitrogens with one attached hydrogen (secondary N) is 2. The lowest BCUT2D eigenvalue weighted by molar-refractivity contribution is 0.296. The first-order valence-corrected chi connectivity index (χ1v) is 9.90. The topological polar surface area (TPSA) is 76.4 Å². The molecule has 158 valence electrons. The van der Waals surface area contributed by atoms with Gasteiger partial charge in [0.2, 0.25) is 0 Å². The van der Waals surface area contributed by atoms with Crippen LogP contribution in [0.2, 0.25) is 0 Å². The summed E-state index contributed by atoms with van der Waals surface area (Å²) in [5, 5.41) is 6.72. The third-order valence-electron chi connectivity index (χ3n) is 4.85. The predicted molar refractivity (Wildman–Crippen MR) is 128 cm³/mol. The Morgan fingerprint density at radius 1 is 1.17 bits per heavy atom. The van der Waals surface area contributed by atoms with Gasteiger partial charge in [-0.25, -0.2) is 9.97 Å². The summed E-state index contributed by atoms with van der Waals surface area (Å²) in [5.74, 6) is 3.26. The minimum absolute atomic E-state index is 0. The molecule has 4 rings (SSSR count). The summed E-state index contributed by atoms with van der Waals surface area (Å²) < 4.78 is 7.87. The van der Waals surface area contributed by atoms with Crippen molar-refractivity contribution in [3.8, 4) is 11.6 Å². The third-order valence-corrected chi connectivity index (χ3v) is 4.85. The van der Waals surface area contributed by atoms with Crippen LogP contribution < -0.4 is 15.4 Å². The standard InChI is InChI=1S/C22H26N6O.HI/c1-23-22(26-13-18-8-9-25-21(12-18)28-11-10-24-16-28)27-14-19-4-2-3-5-20(19)29-15-17-6-7-17;/h2-5,8-12,16-17H,6-7,13-15H2,1H3,(H2,23,26,27);1H. The first-order chi connectivity index (χ1) is 14.3. The highest BCUT2D eigenvalue weighted by Crippen LogP contribution is 2.30. The molecule has 30 heavy (non-hydrogen) atoms. The number of guanidine groups is 1. The number of benzene rings is 1. The predicted octanol–water partition coefficient (Wildman–Crippen LogP) is 3.54. The Kier molecular flexibility index (Phi) is 8.06. The lowest BCUT2D eigenvalue weighted by Gasteiger charge is -2.15. The van der Waals surface area contributed by atoms with E-state index in [1.807, 2.05) is 41.1 Å². The number of imidazole rings is 1. The van der Waals surface area contributed by atoms with Crippen molar-refractivity contribution in [1.29, 1.82) is 0 Å². The number of nitrogens with zero attached hydrogens (tertiary/aromatic N) is 4. The monoisotopic (exact) mass is 518 g/mol. The van der Waals surface area contributed by atoms with Crippen LogP contribution in [-0.2, 0) is 13.1 Å². The van der Waals surface area contributed by atoms with Gasteiger partial charge in [0.05, 0.1) is 6.61 Å². The Morgan fingerprint density at radius 3 is 2.77 bits per heavy atom. The van der Waals surface area contributed by atoms with E-state index < -0.39 is 0 Å². The molecule has 2 N–H and O–H groups in total. The maximum atomic E-state index is 5.99. The van der Waals surface area contributed by atoms with Gasteiger partial charge in [0.25, 0.3) is 0 Å². The summed E-state index contributed by atoms with van der Waals surface area (Å²) in [4.78, 5) is 12.8. The molecule has 1 aliphatic rings. The molecule has 8 heteroatoms. The number of hydrogen-bond donors (Lipinski definition) is 2. The molecular weight excluding hydrogens is 491 g/mol. The highest BCUT2D eigenvalue weighted by molar-refractivity contribution is 14.0. The molecule has 1 fully saturated rings. The molecule has 0 atom stereocenters. The van der Waals surface area contributed by atoms with Gasteiger partial charge in [-0.2, -0.15) is 0 Å². The summed E-state index contributed by atoms with van der Waals surface area (Å²) in [6.45, 7) is 2.10. The Bertz CT molecular complexity index is 956. The fourth-order valence-electron chi connectivity index (χ4n) is 2.97. The molecule has 0 saturated heterocycles. The van der Waals surface area contributed by atoms with E-state index in [2.05, 4.69) is 31.7 Å². The molecule has 2 heterocycles. The molecule has 1 aliphatic carbocycles. The number of hydrogen-bond acceptors (Lipinski definition) is 4. The highest BCUT2D eigenvalue weighted by Gasteiger charge is 2.22. The Hall–Kier alpha value is -2.62. The van der Waals surface area contributed by atoms with Crippen LogP contribution in [0, 0.1) is 5.92 Å². The number of para-hydroxylation sites is 1. The van der Waals surface area contributed by atoms with Crippen LogP contribution in [0.25, 0.3) is 5.82 Å². The molecule has 7 nitrogen and oxygen atoms in total. The van der Waals surface area contributed by atoms with Crippen LogP contribution in [-0.4, -0.2) is 34.1 Å². The van der Waals surface area contributed by atoms with Gasteiger partial charge in [-0.3, -0.25) is 9.56 Å². The van der Waals surface area contributed by atoms with Crippen molar-refractivity contribution in [1.82, 2.24) is 25.2 Å². The fraction of sp³-hybridized carbons (Fsp3) is 0.318. The maximum Gasteiger partial charge on any atom is 0.191 e. The number of pyridine rings is 1. The zero-order valence-electron chi connectivity index (χ0n) is 17.0. The van der Waals surface area contributed by atoms with Crippen molar-refractivity contribution >= 4 is 29.9 Å². The van der Waals surface area contributed by atoms with Crippen LogP contribution in [0.4, 0.5) is 0 Å². The molecule has 0 aliphatic heterocycles. The minimum Gasteiger partial charge on any atom is -0.493 e. The van der Waals surface area contributed by atoms with Crippen LogP contribution >= 0.6 is 24.0 Å². The fourth-order valence-corrected chi connectivity index (χ4v) is 2.97. The van der Waals surface area contributed by atoms with Gasteiger partial charge in [0.1, 0.15) is 17.9 Å². The van der Waals surface area contributed by atoms with Gasteiger partial charge in [-0.1, -0.05) is 18.2 Å². The van der Waals surface area contributed by atoms with Gasteiger partial charge < -0.3 is 15.4 Å². The van der Waals surface area contributed by atoms with E-state index in [1.165, 1.54) is 12.8 Å². The Morgan fingerprint density at radius 2 is 2.00 bits per heavy atom. The van der Waals surface area contributed by atoms with Gasteiger partial charge >= 0.3 is 0 Å². The van der Waals surface area contributed by atoms with Crippen molar-refractivity contribution in [2.75, 3.05) is 13.7 Å². The zero-order valence-corrected chi connectivity index (χ0v) is 19.3. The SMILES string of the molecule is CN=C(NCc1ccnc(-n2ccnc2)c1)NCc1ccccc1OCC1CC1.I. The van der Waals surface area contributed by atoms with Gasteiger partial charge in [0.15, 0.2) is 5.96 Å². The second-order valence-corrected chi connectivity index (χ2v) is 7.13. The van der Waals surface area contributed by atoms with Crippen LogP contribution in [0.3, 0.4) is 0 Å². The molecule has 1 aromatic carbocycles. The van der Waals surface area contributed by atoms with Crippen molar-refractivity contribution in [3.05, 3.63) is 72.4 Å². The van der Waals surface area contributed by atoms with Gasteiger partial charge in [-0.05, 0) is 42.5 Å². The van der Waals surface area contributed by atoms with E-state index in [0.29, 0.717) is 13.1 Å². The van der Waals surface area contributed by atoms with Crippen molar-refractivity contribution < 1.29 is 4.74 Å². The molecule has 0 bridgehead atoms. The normalized spacial score (nSPS) is 13.4. The molecule has 1 saturated carbocycles. The highest BCUT2D eigenvalue weighted by atomic mass is 127. The average molecular weight is 518 g/mol. The van der Waals surface area contributed by atoms with E-state index in [1.54, 1.807) is 25.8 Å². The summed E-state index contributed by atoms with van der Waals surface area (Å²) in [6.07, 6.45) is 9.73. The Balaban J connectivity index is 0.00000256. The minimum atomic E-state index is 0. The number of aromatic nitrogens is 3. The molecule has 0 spiro atoms. The molecule has 2 aromatic heterocycles. The lowest BCUT2D eigenvalue weighted by Crippen LogP contribution is -2.36. The van der Waals surface area contributed by atoms with E-state index >= 15 is 0 Å². The first kappa shape index (κ1) is 22.1. The number of aliphatic imine (C=N–C) groups is 1. The van der Waals surface area contributed by atoms with E-state index in [0.717, 1.165) is 41.2 Å². The van der Waals surface area contributed by atoms with E-state index in [-0.39, 0.29) is 24.0 Å². The van der Waals surface area contributed by atoms with E-state index in [9.17, 15) is 0 Å². The third kappa shape index (κ3) is 6.19. The zero-order chi connectivity index (χ0) is 19.9. The summed E-state index contributed by atoms with van der Waals surface area (Å²) in [5.41, 5.74) is 2.24. The second-order valence-electron chi connectivity index (χ2n) is 7.13. The largest absolute Gasteiger partial charge is 0.493 e. The number of halogens is 1. The van der Waals surface area contributed by atoms with Gasteiger partial charge in [-0.15, -0.1) is 24.0 Å². The Labute approximate surface area is 194 Å². The molecule has 0 amide bonds. The van der Waals surface area contributed by atoms with Crippen LogP contribution in [0.15, 0.2) is 66.3 Å². The smallest absolute Gasteiger partial charge is 0.191 e. The van der Waals surface area contributed by atoms with Crippen molar-refractivity contribution in [3.63, 3.8) is 0 Å². The molecule has 3 aromatic rings. The maximum absolute atomic E-state index is 5.99. The van der Waals surface area contributed by atoms with Crippen LogP contribution in [0.5, 0.6) is 5.75 Å². The molecule has 0 unspecified atom stereocenters. The molecule has 0 radical (unpaired) electrons. The van der Waals surface area contributed by atoms with Crippen LogP contribution in [0.1, 0.15) is 24.0 Å². The van der Waals surface area contributed by atoms with Gasteiger partial charge in [0, 0.05) is 44.3 Å². The average Bonchev–Trinajstić information content (AvgIpc) is 3.43. The second kappa shape index (κ2) is 11.0. The van der Waals surface area contributed by atoms with Crippen molar-refractivity contribution in [2.24, 2.45) is 10.9 Å². The van der Waals surface area contributed by atoms with E-state index in [4.69, 9.17) is 4.74 Å². The summed E-state index contributed by atoms with van der Waals surface area (Å²) in [7, 11) is 1.77. The quantitative estimate of drug-likeness (QED) is 0.271. The summed E-state index contributed by atoms with van der Waals surface area (Å²) in [6, 6.07) is 12.2. The van der Waals surface area contributed by atoms with Crippen molar-refractivity contribution in [2.45, 2.75) is 25.9 Å². The molecular formula is C22H27IN6O. The number of ether oxygens (including phenoxy) is 1. The summed E-state index contributed by atoms with van der Waals surface area (Å²) >= 11 is 0. The first-order valence-electron chi connectivity index (χ1n) is 9.90. The lowest BCUT2D eigenvalue weighted by atomic mass is 10.2.